The first-order valence-electron chi connectivity index (χ1n) is 27.9. The highest BCUT2D eigenvalue weighted by Crippen LogP contribution is 2.14. The van der Waals surface area contributed by atoms with Gasteiger partial charge in [-0.05, 0) is 121 Å². The maximum atomic E-state index is 10.6. The van der Waals surface area contributed by atoms with E-state index >= 15 is 0 Å². The van der Waals surface area contributed by atoms with E-state index in [1.165, 1.54) is 11.1 Å². The number of aryl methyl sites for hydroxylation is 1. The number of epoxide rings is 1. The number of rotatable bonds is 17. The SMILES string of the molecule is Brc1ccc(Br)cc1.C1CO1.[2H]c1ccc(Br)cc1.[2H]c1ccc(CCCC(=N)CC(=N)N)cc1.[2H]c1ccc(CCN)cc1.[2H]c1ccc(CCN=[N+]=[N-])cc1.[2H]c1ccc(CCO)cc1.[2H]c1ccc(CCOS(C)(=O)=O)cc1.[C-]#[N+]N=C(N)N. The van der Waals surface area contributed by atoms with Crippen molar-refractivity contribution in [2.75, 3.05) is 45.8 Å². The van der Waals surface area contributed by atoms with E-state index in [2.05, 4.69) is 76.8 Å². The molecule has 1 aliphatic heterocycles. The molecule has 0 amide bonds. The Bertz CT molecular complexity index is 3070. The number of guanidine groups is 1. The van der Waals surface area contributed by atoms with Crippen molar-refractivity contribution in [2.45, 2.75) is 51.4 Å². The van der Waals surface area contributed by atoms with Crippen LogP contribution in [0.4, 0.5) is 0 Å². The smallest absolute Gasteiger partial charge is 0.272 e. The quantitative estimate of drug-likeness (QED) is 0.00524. The number of benzene rings is 7. The standard InChI is InChI=1S/C12H17N3.C9H12O3S.C8H9N3.C8H11N.C8H10O.C6H4Br2.C6H5Br.C2H4N4.C2H4O/c13-11(9-12(14)15)8-4-7-10-5-2-1-3-6-10;1-13(10,11)12-8-7-9-5-3-2-4-6-9;9-11-10-7-6-8-4-2-1-3-5-8;2*9-7-6-8-4-2-1-3-5-8;7-5-1-2-6(8)4-3-5;7-6-4-2-1-3-5-6;1-5-6-2(3)4;1-2-3-1/h1-3,5-6,13H,4,7-9H2,(H3,14,15);2-6H,7-8H2,1H3;1-5H,6-7H2;1-5H,6-7,9H2;1-5,9H,6-7H2;1-4H;1-5H;(H4,3,4,6);1-2H2/i1D;2D;3*1D;;1D;;. The number of aliphatic hydroxyl groups is 1. The molecule has 20 heteroatoms. The highest BCUT2D eigenvalue weighted by atomic mass is 79.9. The Hall–Kier alpha value is -7.02. The third-order valence-electron chi connectivity index (χ3n) is 9.22. The molecule has 0 radical (unpaired) electrons. The lowest BCUT2D eigenvalue weighted by atomic mass is 10.0. The van der Waals surface area contributed by atoms with E-state index in [0.29, 0.717) is 74.3 Å². The fourth-order valence-corrected chi connectivity index (χ4v) is 6.63. The predicted molar refractivity (Wildman–Crippen MR) is 344 cm³/mol. The van der Waals surface area contributed by atoms with Crippen LogP contribution in [-0.2, 0) is 51.1 Å². The van der Waals surface area contributed by atoms with Gasteiger partial charge in [-0.2, -0.15) is 15.0 Å². The van der Waals surface area contributed by atoms with Crippen molar-refractivity contribution < 1.29 is 30.7 Å². The molecule has 0 spiro atoms. The van der Waals surface area contributed by atoms with Crippen molar-refractivity contribution in [1.82, 2.24) is 0 Å². The van der Waals surface area contributed by atoms with Gasteiger partial charge in [-0.1, -0.05) is 223 Å². The number of azide groups is 1. The van der Waals surface area contributed by atoms with E-state index in [-0.39, 0.29) is 31.4 Å². The van der Waals surface area contributed by atoms with Crippen LogP contribution in [0.15, 0.2) is 230 Å². The molecule has 1 saturated heterocycles. The molecular weight excluding hydrogens is 1240 g/mol. The molecule has 1 heterocycles. The van der Waals surface area contributed by atoms with Crippen molar-refractivity contribution >= 4 is 75.4 Å². The minimum Gasteiger partial charge on any atom is -0.396 e. The highest BCUT2D eigenvalue weighted by molar-refractivity contribution is 9.11. The van der Waals surface area contributed by atoms with Crippen molar-refractivity contribution in [3.8, 4) is 0 Å². The summed E-state index contributed by atoms with van der Waals surface area (Å²) in [5.41, 5.74) is 34.1. The van der Waals surface area contributed by atoms with Crippen LogP contribution in [0.25, 0.3) is 15.4 Å². The van der Waals surface area contributed by atoms with Gasteiger partial charge in [0, 0.05) is 43.6 Å². The average Bonchev–Trinajstić information content (AvgIpc) is 4.39. The molecule has 16 nitrogen and oxygen atoms in total. The van der Waals surface area contributed by atoms with Crippen molar-refractivity contribution in [1.29, 1.82) is 10.8 Å². The summed E-state index contributed by atoms with van der Waals surface area (Å²) in [5.74, 6) is -0.131. The van der Waals surface area contributed by atoms with Crippen LogP contribution in [0, 0.1) is 17.4 Å². The van der Waals surface area contributed by atoms with E-state index in [1.54, 1.807) is 84.9 Å². The third-order valence-corrected chi connectivity index (χ3v) is 11.4. The van der Waals surface area contributed by atoms with Crippen LogP contribution in [0.3, 0.4) is 0 Å². The molecule has 1 aliphatic rings. The van der Waals surface area contributed by atoms with Gasteiger partial charge in [-0.15, -0.1) is 4.95 Å². The number of hydrogen-bond donors (Lipinski definition) is 7. The zero-order valence-electron chi connectivity index (χ0n) is 51.2. The monoisotopic (exact) mass is 1320 g/mol. The molecule has 0 saturated carbocycles. The predicted octanol–water partition coefficient (Wildman–Crippen LogP) is 13.3. The minimum absolute atomic E-state index is 0.0589. The number of nitrogens with two attached hydrogens (primary N) is 4. The van der Waals surface area contributed by atoms with Crippen molar-refractivity contribution in [3.05, 3.63) is 269 Å². The second kappa shape index (κ2) is 51.1. The molecule has 0 atom stereocenters. The van der Waals surface area contributed by atoms with Gasteiger partial charge in [-0.3, -0.25) is 9.59 Å². The van der Waals surface area contributed by atoms with Crippen LogP contribution in [0.2, 0.25) is 0 Å². The largest absolute Gasteiger partial charge is 0.396 e. The van der Waals surface area contributed by atoms with E-state index in [0.717, 1.165) is 75.3 Å². The summed E-state index contributed by atoms with van der Waals surface area (Å²) in [6.45, 7) is 9.50. The Morgan fingerprint density at radius 2 is 1.01 bits per heavy atom. The fraction of sp³-hybridized carbons (Fsp3) is 0.246. The van der Waals surface area contributed by atoms with E-state index < -0.39 is 10.1 Å². The summed E-state index contributed by atoms with van der Waals surface area (Å²) in [6.07, 6.45) is 6.65. The summed E-state index contributed by atoms with van der Waals surface area (Å²) in [7, 11) is -3.34. The normalized spacial score (nSPS) is 11.0. The van der Waals surface area contributed by atoms with Crippen LogP contribution in [0.1, 0.15) is 55.3 Å². The van der Waals surface area contributed by atoms with Gasteiger partial charge >= 0.3 is 0 Å². The lowest BCUT2D eigenvalue weighted by molar-refractivity contribution is 0.299. The number of ether oxygens (including phenoxy) is 1. The zero-order chi connectivity index (χ0) is 65.3. The minimum atomic E-state index is -3.34. The lowest BCUT2D eigenvalue weighted by Crippen LogP contribution is -2.21. The van der Waals surface area contributed by atoms with Gasteiger partial charge in [0.2, 0.25) is 0 Å². The first-order chi connectivity index (χ1) is 41.4. The third kappa shape index (κ3) is 53.4. The van der Waals surface area contributed by atoms with Crippen LogP contribution in [0.5, 0.6) is 0 Å². The Labute approximate surface area is 513 Å². The molecule has 8 rings (SSSR count). The van der Waals surface area contributed by atoms with E-state index in [4.69, 9.17) is 59.2 Å². The molecule has 0 bridgehead atoms. The molecule has 0 aromatic heterocycles. The molecule has 7 aromatic rings. The molecule has 0 unspecified atom stereocenters. The number of nitrogens with one attached hydrogen (secondary N) is 2. The molecular formula is C61H76Br3N11O5S. The van der Waals surface area contributed by atoms with Crippen molar-refractivity contribution in [2.24, 2.45) is 33.2 Å². The van der Waals surface area contributed by atoms with E-state index in [1.807, 2.05) is 84.9 Å². The van der Waals surface area contributed by atoms with Gasteiger partial charge in [0.15, 0.2) is 0 Å². The first-order valence-corrected chi connectivity index (χ1v) is 29.1. The molecule has 432 valence electrons. The first kappa shape index (κ1) is 63.2. The Kier molecular flexibility index (Phi) is 39.9. The van der Waals surface area contributed by atoms with E-state index in [9.17, 15) is 8.42 Å². The Morgan fingerprint density at radius 1 is 0.654 bits per heavy atom. The number of hydrogen-bond acceptors (Lipinski definition) is 10. The summed E-state index contributed by atoms with van der Waals surface area (Å²) >= 11 is 9.91. The molecule has 7 aromatic carbocycles. The van der Waals surface area contributed by atoms with Crippen molar-refractivity contribution in [3.63, 3.8) is 0 Å². The summed E-state index contributed by atoms with van der Waals surface area (Å²) in [6, 6.07) is 54.4. The number of halogens is 3. The summed E-state index contributed by atoms with van der Waals surface area (Å²) in [5, 5.41) is 29.5. The number of aliphatic hydroxyl groups excluding tert-OH is 1. The Balaban J connectivity index is 0.000000978. The molecule has 1 fully saturated rings. The van der Waals surface area contributed by atoms with Crippen LogP contribution >= 0.6 is 47.8 Å². The maximum Gasteiger partial charge on any atom is 0.272 e. The zero-order valence-corrected chi connectivity index (χ0v) is 50.8. The van der Waals surface area contributed by atoms with Gasteiger partial charge in [0.05, 0.1) is 40.1 Å². The van der Waals surface area contributed by atoms with Crippen LogP contribution < -0.4 is 22.9 Å². The summed E-state index contributed by atoms with van der Waals surface area (Å²) in [4.78, 5) is 5.18. The maximum absolute atomic E-state index is 10.6. The second-order valence-electron chi connectivity index (χ2n) is 16.1. The molecule has 0 aliphatic carbocycles. The van der Waals surface area contributed by atoms with Gasteiger partial charge < -0.3 is 38.2 Å². The lowest BCUT2D eigenvalue weighted by Gasteiger charge is -2.03. The van der Waals surface area contributed by atoms with Crippen LogP contribution in [-0.4, -0.2) is 76.8 Å². The Morgan fingerprint density at radius 3 is 1.32 bits per heavy atom. The molecule has 11 N–H and O–H groups in total. The average molecular weight is 1320 g/mol. The van der Waals surface area contributed by atoms with Gasteiger partial charge in [0.1, 0.15) is 5.10 Å². The highest BCUT2D eigenvalue weighted by Gasteiger charge is 2.02. The number of nitrogens with zero attached hydrogens (tertiary/aromatic N) is 5. The second-order valence-corrected chi connectivity index (χ2v) is 20.5. The topological polar surface area (TPSA) is 293 Å². The van der Waals surface area contributed by atoms with Gasteiger partial charge in [-0.25, -0.2) is 0 Å². The fourth-order valence-electron chi connectivity index (χ4n) is 5.45. The molecule has 81 heavy (non-hydrogen) atoms. The summed E-state index contributed by atoms with van der Waals surface area (Å²) < 4.78 is 76.8. The number of amidine groups is 1. The van der Waals surface area contributed by atoms with Gasteiger partial charge in [0.25, 0.3) is 16.1 Å².